The predicted octanol–water partition coefficient (Wildman–Crippen LogP) is 3.69. The minimum Gasteiger partial charge on any atom is -0.313 e. The SMILES string of the molecule is CCCNCc1csc2c1C(C)CCC2. The summed E-state index contributed by atoms with van der Waals surface area (Å²) in [7, 11) is 0. The van der Waals surface area contributed by atoms with E-state index in [1.54, 1.807) is 16.0 Å². The minimum atomic E-state index is 0.790. The Labute approximate surface area is 96.9 Å². The molecule has 0 spiro atoms. The lowest BCUT2D eigenvalue weighted by molar-refractivity contribution is 0.585. The molecule has 1 nitrogen and oxygen atoms in total. The zero-order valence-electron chi connectivity index (χ0n) is 9.81. The van der Waals surface area contributed by atoms with Crippen LogP contribution in [-0.4, -0.2) is 6.54 Å². The molecule has 1 heterocycles. The highest BCUT2D eigenvalue weighted by atomic mass is 32.1. The fraction of sp³-hybridized carbons (Fsp3) is 0.692. The Bertz CT molecular complexity index is 316. The Morgan fingerprint density at radius 3 is 3.20 bits per heavy atom. The van der Waals surface area contributed by atoms with Gasteiger partial charge in [-0.15, -0.1) is 11.3 Å². The highest BCUT2D eigenvalue weighted by Gasteiger charge is 2.21. The first-order valence-electron chi connectivity index (χ1n) is 6.12. The highest BCUT2D eigenvalue weighted by molar-refractivity contribution is 7.10. The third-order valence-corrected chi connectivity index (χ3v) is 4.38. The standard InChI is InChI=1S/C13H21NS/c1-3-7-14-8-11-9-15-12-6-4-5-10(2)13(11)12/h9-10,14H,3-8H2,1-2H3. The fourth-order valence-corrected chi connectivity index (χ4v) is 3.70. The molecule has 1 aromatic rings. The van der Waals surface area contributed by atoms with Crippen LogP contribution in [-0.2, 0) is 13.0 Å². The van der Waals surface area contributed by atoms with Gasteiger partial charge in [0.15, 0.2) is 0 Å². The second kappa shape index (κ2) is 5.13. The van der Waals surface area contributed by atoms with Crippen LogP contribution >= 0.6 is 11.3 Å². The normalized spacial score (nSPS) is 20.3. The van der Waals surface area contributed by atoms with Gasteiger partial charge in [-0.25, -0.2) is 0 Å². The molecule has 1 aliphatic carbocycles. The van der Waals surface area contributed by atoms with Crippen molar-refractivity contribution in [1.82, 2.24) is 5.32 Å². The molecule has 2 heteroatoms. The monoisotopic (exact) mass is 223 g/mol. The first-order chi connectivity index (χ1) is 7.33. The molecule has 0 aromatic carbocycles. The quantitative estimate of drug-likeness (QED) is 0.768. The molecule has 15 heavy (non-hydrogen) atoms. The number of nitrogens with one attached hydrogen (secondary N) is 1. The van der Waals surface area contributed by atoms with E-state index in [0.29, 0.717) is 0 Å². The van der Waals surface area contributed by atoms with E-state index in [1.165, 1.54) is 25.7 Å². The van der Waals surface area contributed by atoms with Crippen LogP contribution in [0, 0.1) is 0 Å². The summed E-state index contributed by atoms with van der Waals surface area (Å²) in [6.45, 7) is 6.82. The van der Waals surface area contributed by atoms with E-state index in [1.807, 2.05) is 11.3 Å². The number of rotatable bonds is 4. The van der Waals surface area contributed by atoms with Gasteiger partial charge in [0.1, 0.15) is 0 Å². The molecule has 0 saturated heterocycles. The molecule has 2 rings (SSSR count). The van der Waals surface area contributed by atoms with Gasteiger partial charge in [0.25, 0.3) is 0 Å². The number of hydrogen-bond acceptors (Lipinski definition) is 2. The Hall–Kier alpha value is -0.340. The van der Waals surface area contributed by atoms with Crippen LogP contribution in [0.3, 0.4) is 0 Å². The summed E-state index contributed by atoms with van der Waals surface area (Å²) in [5.74, 6) is 0.790. The summed E-state index contributed by atoms with van der Waals surface area (Å²) in [4.78, 5) is 1.65. The van der Waals surface area contributed by atoms with Gasteiger partial charge in [0, 0.05) is 11.4 Å². The van der Waals surface area contributed by atoms with E-state index in [-0.39, 0.29) is 0 Å². The fourth-order valence-electron chi connectivity index (χ4n) is 2.48. The summed E-state index contributed by atoms with van der Waals surface area (Å²) in [6, 6.07) is 0. The van der Waals surface area contributed by atoms with Crippen molar-refractivity contribution in [2.24, 2.45) is 0 Å². The van der Waals surface area contributed by atoms with E-state index in [2.05, 4.69) is 24.5 Å². The van der Waals surface area contributed by atoms with Crippen LogP contribution in [0.4, 0.5) is 0 Å². The molecule has 0 amide bonds. The lowest BCUT2D eigenvalue weighted by Crippen LogP contribution is -2.16. The van der Waals surface area contributed by atoms with Crippen molar-refractivity contribution in [3.8, 4) is 0 Å². The zero-order chi connectivity index (χ0) is 10.7. The van der Waals surface area contributed by atoms with Crippen molar-refractivity contribution in [3.63, 3.8) is 0 Å². The maximum Gasteiger partial charge on any atom is 0.0216 e. The number of aryl methyl sites for hydroxylation is 1. The van der Waals surface area contributed by atoms with Gasteiger partial charge in [-0.3, -0.25) is 0 Å². The van der Waals surface area contributed by atoms with Gasteiger partial charge in [-0.2, -0.15) is 0 Å². The Morgan fingerprint density at radius 1 is 1.53 bits per heavy atom. The molecule has 1 aliphatic rings. The summed E-state index contributed by atoms with van der Waals surface area (Å²) in [5, 5.41) is 5.88. The molecule has 0 bridgehead atoms. The molecule has 1 N–H and O–H groups in total. The van der Waals surface area contributed by atoms with Crippen LogP contribution in [0.5, 0.6) is 0 Å². The largest absolute Gasteiger partial charge is 0.313 e. The van der Waals surface area contributed by atoms with E-state index < -0.39 is 0 Å². The van der Waals surface area contributed by atoms with Crippen LogP contribution in [0.2, 0.25) is 0 Å². The van der Waals surface area contributed by atoms with Crippen LogP contribution < -0.4 is 5.32 Å². The van der Waals surface area contributed by atoms with Gasteiger partial charge in [-0.1, -0.05) is 13.8 Å². The van der Waals surface area contributed by atoms with Crippen molar-refractivity contribution in [3.05, 3.63) is 21.4 Å². The Balaban J connectivity index is 2.08. The van der Waals surface area contributed by atoms with E-state index >= 15 is 0 Å². The molecule has 1 aromatic heterocycles. The van der Waals surface area contributed by atoms with Gasteiger partial charge in [0.05, 0.1) is 0 Å². The molecule has 0 radical (unpaired) electrons. The van der Waals surface area contributed by atoms with Crippen LogP contribution in [0.25, 0.3) is 0 Å². The molecule has 0 fully saturated rings. The van der Waals surface area contributed by atoms with Crippen LogP contribution in [0.1, 0.15) is 55.0 Å². The summed E-state index contributed by atoms with van der Waals surface area (Å²) < 4.78 is 0. The molecule has 0 saturated carbocycles. The minimum absolute atomic E-state index is 0.790. The lowest BCUT2D eigenvalue weighted by atomic mass is 9.87. The third-order valence-electron chi connectivity index (χ3n) is 3.27. The maximum absolute atomic E-state index is 3.51. The molecular formula is C13H21NS. The van der Waals surface area contributed by atoms with Gasteiger partial charge in [-0.05, 0) is 54.7 Å². The van der Waals surface area contributed by atoms with Gasteiger partial charge >= 0.3 is 0 Å². The summed E-state index contributed by atoms with van der Waals surface area (Å²) in [5.41, 5.74) is 3.24. The van der Waals surface area contributed by atoms with Gasteiger partial charge in [0.2, 0.25) is 0 Å². The Kier molecular flexibility index (Phi) is 3.81. The third kappa shape index (κ3) is 2.43. The van der Waals surface area contributed by atoms with Crippen molar-refractivity contribution in [2.45, 2.75) is 52.0 Å². The second-order valence-corrected chi connectivity index (χ2v) is 5.53. The van der Waals surface area contributed by atoms with Crippen molar-refractivity contribution in [1.29, 1.82) is 0 Å². The smallest absolute Gasteiger partial charge is 0.0216 e. The van der Waals surface area contributed by atoms with Crippen molar-refractivity contribution >= 4 is 11.3 Å². The van der Waals surface area contributed by atoms with E-state index in [4.69, 9.17) is 0 Å². The molecule has 84 valence electrons. The molecule has 1 atom stereocenters. The second-order valence-electron chi connectivity index (χ2n) is 4.57. The van der Waals surface area contributed by atoms with E-state index in [9.17, 15) is 0 Å². The average Bonchev–Trinajstić information content (AvgIpc) is 2.63. The summed E-state index contributed by atoms with van der Waals surface area (Å²) in [6.07, 6.45) is 5.31. The van der Waals surface area contributed by atoms with E-state index in [0.717, 1.165) is 19.0 Å². The maximum atomic E-state index is 3.51. The van der Waals surface area contributed by atoms with Crippen LogP contribution in [0.15, 0.2) is 5.38 Å². The zero-order valence-corrected chi connectivity index (χ0v) is 10.6. The molecule has 1 unspecified atom stereocenters. The number of fused-ring (bicyclic) bond motifs is 1. The average molecular weight is 223 g/mol. The lowest BCUT2D eigenvalue weighted by Gasteiger charge is -2.20. The van der Waals surface area contributed by atoms with Crippen molar-refractivity contribution in [2.75, 3.05) is 6.54 Å². The first-order valence-corrected chi connectivity index (χ1v) is 7.00. The highest BCUT2D eigenvalue weighted by Crippen LogP contribution is 2.37. The number of hydrogen-bond donors (Lipinski definition) is 1. The molecule has 0 aliphatic heterocycles. The topological polar surface area (TPSA) is 12.0 Å². The first kappa shape index (κ1) is 11.2. The number of thiophene rings is 1. The Morgan fingerprint density at radius 2 is 2.40 bits per heavy atom. The molecular weight excluding hydrogens is 202 g/mol. The predicted molar refractivity (Wildman–Crippen MR) is 67.7 cm³/mol. The van der Waals surface area contributed by atoms with Crippen molar-refractivity contribution < 1.29 is 0 Å². The summed E-state index contributed by atoms with van der Waals surface area (Å²) >= 11 is 1.97. The van der Waals surface area contributed by atoms with Gasteiger partial charge < -0.3 is 5.32 Å².